The lowest BCUT2D eigenvalue weighted by atomic mass is 9.64. The van der Waals surface area contributed by atoms with Crippen molar-refractivity contribution in [3.05, 3.63) is 69.7 Å². The van der Waals surface area contributed by atoms with E-state index in [-0.39, 0.29) is 36.1 Å². The SMILES string of the molecule is C[C@@H](CCN(C)S(=O)(=O)C1CC1)N1C(=O)[C@@](CCN2CCOCC2)(CC(N)=O)C[C@H](c2cccc(Cl)c2)[C@H]1c1ccc(Cl)cc1. The normalized spacial score (nSPS) is 25.4. The minimum absolute atomic E-state index is 0.0836. The average Bonchev–Trinajstić information content (AvgIpc) is 3.87. The smallest absolute Gasteiger partial charge is 0.230 e. The Morgan fingerprint density at radius 2 is 1.78 bits per heavy atom. The maximum Gasteiger partial charge on any atom is 0.230 e. The first kappa shape index (κ1) is 34.1. The van der Waals surface area contributed by atoms with Gasteiger partial charge in [0.05, 0.1) is 29.9 Å². The van der Waals surface area contributed by atoms with Gasteiger partial charge in [0.2, 0.25) is 21.8 Å². The van der Waals surface area contributed by atoms with Crippen LogP contribution in [0.2, 0.25) is 10.0 Å². The van der Waals surface area contributed by atoms with E-state index in [0.29, 0.717) is 61.9 Å². The summed E-state index contributed by atoms with van der Waals surface area (Å²) in [6, 6.07) is 14.4. The third-order valence-corrected chi connectivity index (χ3v) is 12.6. The molecule has 2 aliphatic heterocycles. The lowest BCUT2D eigenvalue weighted by Crippen LogP contribution is -2.58. The molecule has 246 valence electrons. The van der Waals surface area contributed by atoms with Crippen LogP contribution in [0, 0.1) is 5.41 Å². The van der Waals surface area contributed by atoms with Crippen molar-refractivity contribution in [3.63, 3.8) is 0 Å². The molecule has 9 nitrogen and oxygen atoms in total. The molecule has 2 saturated heterocycles. The Morgan fingerprint density at radius 1 is 1.09 bits per heavy atom. The van der Waals surface area contributed by atoms with Gasteiger partial charge in [0.1, 0.15) is 0 Å². The molecular formula is C33H44Cl2N4O5S. The van der Waals surface area contributed by atoms with Crippen LogP contribution in [0.15, 0.2) is 48.5 Å². The summed E-state index contributed by atoms with van der Waals surface area (Å²) < 4.78 is 32.9. The molecule has 0 aromatic heterocycles. The Hall–Kier alpha value is -2.21. The van der Waals surface area contributed by atoms with Crippen LogP contribution in [0.5, 0.6) is 0 Å². The number of ether oxygens (including phenoxy) is 1. The Balaban J connectivity index is 1.57. The summed E-state index contributed by atoms with van der Waals surface area (Å²) in [6.45, 7) is 5.63. The second-order valence-electron chi connectivity index (χ2n) is 12.9. The number of likely N-dealkylation sites (tertiary alicyclic amines) is 1. The number of primary amides is 1. The van der Waals surface area contributed by atoms with Crippen LogP contribution >= 0.6 is 23.2 Å². The van der Waals surface area contributed by atoms with Crippen molar-refractivity contribution in [2.75, 3.05) is 46.4 Å². The zero-order valence-electron chi connectivity index (χ0n) is 26.0. The summed E-state index contributed by atoms with van der Waals surface area (Å²) >= 11 is 12.8. The molecular weight excluding hydrogens is 635 g/mol. The van der Waals surface area contributed by atoms with Gasteiger partial charge in [0.25, 0.3) is 0 Å². The van der Waals surface area contributed by atoms with E-state index < -0.39 is 27.4 Å². The number of hydrogen-bond donors (Lipinski definition) is 1. The third-order valence-electron chi connectivity index (χ3n) is 9.71. The number of piperidine rings is 1. The van der Waals surface area contributed by atoms with Gasteiger partial charge in [-0.25, -0.2) is 12.7 Å². The number of morpholine rings is 1. The third kappa shape index (κ3) is 7.85. The molecule has 2 aromatic rings. The first-order valence-electron chi connectivity index (χ1n) is 15.8. The number of carbonyl (C=O) groups is 2. The molecule has 0 spiro atoms. The van der Waals surface area contributed by atoms with E-state index >= 15 is 4.79 Å². The van der Waals surface area contributed by atoms with Crippen LogP contribution in [0.4, 0.5) is 0 Å². The summed E-state index contributed by atoms with van der Waals surface area (Å²) in [4.78, 5) is 31.9. The van der Waals surface area contributed by atoms with E-state index in [0.717, 1.165) is 24.2 Å². The number of sulfonamides is 1. The standard InChI is InChI=1S/C33H44Cl2N4O5S/c1-23(12-14-37(2)45(42,43)28-10-11-28)39-31(24-6-8-26(34)9-7-24)29(25-4-3-5-27(35)20-25)21-33(32(39)41,22-30(36)40)13-15-38-16-18-44-19-17-38/h3-9,20,23,28-29,31H,10-19,21-22H2,1-2H3,(H2,36,40)/t23-,29+,31+,33+/m0/s1. The topological polar surface area (TPSA) is 113 Å². The van der Waals surface area contributed by atoms with Crippen LogP contribution < -0.4 is 5.73 Å². The first-order chi connectivity index (χ1) is 21.4. The highest BCUT2D eigenvalue weighted by atomic mass is 35.5. The van der Waals surface area contributed by atoms with Gasteiger partial charge in [-0.15, -0.1) is 0 Å². The van der Waals surface area contributed by atoms with Gasteiger partial charge < -0.3 is 15.4 Å². The number of hydrogen-bond acceptors (Lipinski definition) is 6. The molecule has 12 heteroatoms. The zero-order valence-corrected chi connectivity index (χ0v) is 28.4. The van der Waals surface area contributed by atoms with Crippen LogP contribution in [0.3, 0.4) is 0 Å². The van der Waals surface area contributed by atoms with Gasteiger partial charge in [0, 0.05) is 55.1 Å². The van der Waals surface area contributed by atoms with Crippen LogP contribution in [0.25, 0.3) is 0 Å². The van der Waals surface area contributed by atoms with E-state index in [2.05, 4.69) is 4.90 Å². The van der Waals surface area contributed by atoms with E-state index in [1.165, 1.54) is 4.31 Å². The molecule has 45 heavy (non-hydrogen) atoms. The number of amides is 2. The number of benzene rings is 2. The molecule has 2 N–H and O–H groups in total. The van der Waals surface area contributed by atoms with Crippen molar-refractivity contribution >= 4 is 45.0 Å². The van der Waals surface area contributed by atoms with E-state index in [1.807, 2.05) is 60.4 Å². The summed E-state index contributed by atoms with van der Waals surface area (Å²) in [6.07, 6.45) is 2.58. The van der Waals surface area contributed by atoms with Crippen molar-refractivity contribution in [1.29, 1.82) is 0 Å². The maximum atomic E-state index is 15.0. The van der Waals surface area contributed by atoms with E-state index in [1.54, 1.807) is 7.05 Å². The molecule has 3 aliphatic rings. The van der Waals surface area contributed by atoms with E-state index in [9.17, 15) is 13.2 Å². The van der Waals surface area contributed by atoms with Crippen molar-refractivity contribution in [2.45, 2.75) is 68.7 Å². The summed E-state index contributed by atoms with van der Waals surface area (Å²) in [5.74, 6) is -0.877. The molecule has 5 rings (SSSR count). The van der Waals surface area contributed by atoms with E-state index in [4.69, 9.17) is 33.7 Å². The first-order valence-corrected chi connectivity index (χ1v) is 18.0. The predicted octanol–water partition coefficient (Wildman–Crippen LogP) is 4.84. The molecule has 2 heterocycles. The average molecular weight is 680 g/mol. The van der Waals surface area contributed by atoms with Crippen LogP contribution in [-0.2, 0) is 24.3 Å². The van der Waals surface area contributed by atoms with Gasteiger partial charge in [-0.3, -0.25) is 14.5 Å². The molecule has 3 fully saturated rings. The number of nitrogens with two attached hydrogens (primary N) is 1. The molecule has 1 aliphatic carbocycles. The van der Waals surface area contributed by atoms with Gasteiger partial charge in [-0.2, -0.15) is 0 Å². The number of nitrogens with zero attached hydrogens (tertiary/aromatic N) is 3. The van der Waals surface area contributed by atoms with Crippen molar-refractivity contribution in [3.8, 4) is 0 Å². The Kier molecular flexibility index (Phi) is 10.8. The minimum atomic E-state index is -3.37. The molecule has 0 unspecified atom stereocenters. The molecule has 4 atom stereocenters. The largest absolute Gasteiger partial charge is 0.379 e. The quantitative estimate of drug-likeness (QED) is 0.325. The van der Waals surface area contributed by atoms with Gasteiger partial charge in [-0.05, 0) is 81.0 Å². The molecule has 0 bridgehead atoms. The summed E-state index contributed by atoms with van der Waals surface area (Å²) in [5.41, 5.74) is 6.71. The number of halogens is 2. The van der Waals surface area contributed by atoms with Gasteiger partial charge in [0.15, 0.2) is 0 Å². The Bertz CT molecular complexity index is 1470. The highest BCUT2D eigenvalue weighted by Crippen LogP contribution is 2.53. The fourth-order valence-electron chi connectivity index (χ4n) is 7.01. The lowest BCUT2D eigenvalue weighted by molar-refractivity contribution is -0.159. The number of carbonyl (C=O) groups excluding carboxylic acids is 2. The highest BCUT2D eigenvalue weighted by molar-refractivity contribution is 7.90. The van der Waals surface area contributed by atoms with Gasteiger partial charge in [-0.1, -0.05) is 47.5 Å². The highest BCUT2D eigenvalue weighted by Gasteiger charge is 2.54. The molecule has 2 amide bonds. The molecule has 0 radical (unpaired) electrons. The predicted molar refractivity (Wildman–Crippen MR) is 177 cm³/mol. The lowest BCUT2D eigenvalue weighted by Gasteiger charge is -2.53. The summed E-state index contributed by atoms with van der Waals surface area (Å²) in [7, 11) is -1.76. The molecule has 1 saturated carbocycles. The van der Waals surface area contributed by atoms with Gasteiger partial charge >= 0.3 is 0 Å². The van der Waals surface area contributed by atoms with Crippen LogP contribution in [-0.4, -0.2) is 92.1 Å². The summed E-state index contributed by atoms with van der Waals surface area (Å²) in [5, 5.41) is 0.853. The fraction of sp³-hybridized carbons (Fsp3) is 0.576. The second kappa shape index (κ2) is 14.3. The van der Waals surface area contributed by atoms with Crippen LogP contribution in [0.1, 0.15) is 68.5 Å². The second-order valence-corrected chi connectivity index (χ2v) is 16.1. The Morgan fingerprint density at radius 3 is 2.40 bits per heavy atom. The van der Waals surface area contributed by atoms with Crippen molar-refractivity contribution in [1.82, 2.24) is 14.1 Å². The molecule has 2 aromatic carbocycles. The zero-order chi connectivity index (χ0) is 32.4. The monoisotopic (exact) mass is 678 g/mol. The maximum absolute atomic E-state index is 15.0. The number of rotatable bonds is 13. The van der Waals surface area contributed by atoms with Crippen molar-refractivity contribution < 1.29 is 22.7 Å². The minimum Gasteiger partial charge on any atom is -0.379 e. The Labute approximate surface area is 277 Å². The fourth-order valence-corrected chi connectivity index (χ4v) is 8.93. The van der Waals surface area contributed by atoms with Crippen molar-refractivity contribution in [2.24, 2.45) is 11.1 Å².